The van der Waals surface area contributed by atoms with Crippen LogP contribution < -0.4 is 10.6 Å². The van der Waals surface area contributed by atoms with Gasteiger partial charge in [0.05, 0.1) is 12.2 Å². The normalized spacial score (nSPS) is 16.0. The maximum Gasteiger partial charge on any atom is 0.315 e. The second-order valence-electron chi connectivity index (χ2n) is 6.81. The first-order chi connectivity index (χ1) is 13.1. The van der Waals surface area contributed by atoms with E-state index in [1.165, 1.54) is 5.69 Å². The lowest BCUT2D eigenvalue weighted by molar-refractivity contribution is 0.235. The van der Waals surface area contributed by atoms with Gasteiger partial charge in [0, 0.05) is 43.4 Å². The molecule has 3 aromatic heterocycles. The summed E-state index contributed by atoms with van der Waals surface area (Å²) in [4.78, 5) is 21.0. The topological polar surface area (TPSA) is 89.7 Å². The summed E-state index contributed by atoms with van der Waals surface area (Å²) in [6.45, 7) is 2.36. The molecule has 140 valence electrons. The van der Waals surface area contributed by atoms with Crippen LogP contribution >= 0.6 is 0 Å². The molecule has 3 heterocycles. The molecular formula is C19H23N7O. The Bertz CT molecular complexity index is 959. The highest BCUT2D eigenvalue weighted by atomic mass is 16.2. The first-order valence-electron chi connectivity index (χ1n) is 9.12. The molecule has 2 N–H and O–H groups in total. The van der Waals surface area contributed by atoms with Crippen molar-refractivity contribution in [3.05, 3.63) is 59.6 Å². The predicted molar refractivity (Wildman–Crippen MR) is 100 cm³/mol. The third kappa shape index (κ3) is 3.55. The summed E-state index contributed by atoms with van der Waals surface area (Å²) in [5.74, 6) is 1.66. The number of imidazole rings is 1. The minimum atomic E-state index is -0.172. The van der Waals surface area contributed by atoms with Gasteiger partial charge >= 0.3 is 6.03 Å². The van der Waals surface area contributed by atoms with Gasteiger partial charge in [-0.1, -0.05) is 0 Å². The summed E-state index contributed by atoms with van der Waals surface area (Å²) in [7, 11) is 1.95. The number of fused-ring (bicyclic) bond motifs is 1. The summed E-state index contributed by atoms with van der Waals surface area (Å²) in [5, 5.41) is 10.3. The van der Waals surface area contributed by atoms with Crippen molar-refractivity contribution in [1.29, 1.82) is 0 Å². The van der Waals surface area contributed by atoms with Crippen molar-refractivity contribution in [3.8, 4) is 5.82 Å². The molecule has 0 aromatic carbocycles. The zero-order valence-electron chi connectivity index (χ0n) is 15.5. The van der Waals surface area contributed by atoms with Gasteiger partial charge in [-0.15, -0.1) is 0 Å². The Balaban J connectivity index is 1.38. The number of aromatic nitrogens is 5. The quantitative estimate of drug-likeness (QED) is 0.742. The number of rotatable bonds is 4. The Hall–Kier alpha value is -3.16. The van der Waals surface area contributed by atoms with E-state index in [0.717, 1.165) is 42.0 Å². The number of pyridine rings is 1. The molecule has 1 unspecified atom stereocenters. The second-order valence-corrected chi connectivity index (χ2v) is 6.81. The van der Waals surface area contributed by atoms with Gasteiger partial charge in [-0.25, -0.2) is 14.8 Å². The summed E-state index contributed by atoms with van der Waals surface area (Å²) < 4.78 is 3.81. The first-order valence-corrected chi connectivity index (χ1v) is 9.12. The maximum atomic E-state index is 12.4. The molecule has 0 fully saturated rings. The summed E-state index contributed by atoms with van der Waals surface area (Å²) in [6.07, 6.45) is 10.2. The molecule has 0 spiro atoms. The van der Waals surface area contributed by atoms with E-state index in [4.69, 9.17) is 0 Å². The second kappa shape index (κ2) is 7.22. The monoisotopic (exact) mass is 365 g/mol. The molecular weight excluding hydrogens is 342 g/mol. The van der Waals surface area contributed by atoms with E-state index < -0.39 is 0 Å². The van der Waals surface area contributed by atoms with Crippen molar-refractivity contribution in [1.82, 2.24) is 34.9 Å². The summed E-state index contributed by atoms with van der Waals surface area (Å²) in [6, 6.07) is 3.70. The van der Waals surface area contributed by atoms with Crippen LogP contribution in [0.5, 0.6) is 0 Å². The van der Waals surface area contributed by atoms with E-state index >= 15 is 0 Å². The maximum absolute atomic E-state index is 12.4. The predicted octanol–water partition coefficient (Wildman–Crippen LogP) is 2.19. The molecule has 0 saturated carbocycles. The van der Waals surface area contributed by atoms with Crippen molar-refractivity contribution in [2.24, 2.45) is 7.05 Å². The number of carbonyl (C=O) groups excluding carboxylic acids is 1. The van der Waals surface area contributed by atoms with Crippen LogP contribution in [0.2, 0.25) is 0 Å². The summed E-state index contributed by atoms with van der Waals surface area (Å²) in [5.41, 5.74) is 3.32. The zero-order chi connectivity index (χ0) is 18.8. The Labute approximate surface area is 157 Å². The fraction of sp³-hybridized carbons (Fsp3) is 0.368. The zero-order valence-corrected chi connectivity index (χ0v) is 15.5. The Kier molecular flexibility index (Phi) is 4.62. The average Bonchev–Trinajstić information content (AvgIpc) is 3.27. The van der Waals surface area contributed by atoms with Gasteiger partial charge < -0.3 is 10.6 Å². The van der Waals surface area contributed by atoms with E-state index in [2.05, 4.69) is 25.7 Å². The minimum Gasteiger partial charge on any atom is -0.334 e. The van der Waals surface area contributed by atoms with Crippen molar-refractivity contribution in [2.75, 3.05) is 0 Å². The molecule has 8 nitrogen and oxygen atoms in total. The molecule has 1 aliphatic carbocycles. The van der Waals surface area contributed by atoms with Crippen molar-refractivity contribution < 1.29 is 4.79 Å². The number of nitrogens with one attached hydrogen (secondary N) is 2. The molecule has 27 heavy (non-hydrogen) atoms. The fourth-order valence-corrected chi connectivity index (χ4v) is 3.57. The fourth-order valence-electron chi connectivity index (χ4n) is 3.57. The van der Waals surface area contributed by atoms with Crippen LogP contribution in [0, 0.1) is 6.92 Å². The lowest BCUT2D eigenvalue weighted by atomic mass is 9.93. The van der Waals surface area contributed by atoms with Crippen LogP contribution in [0.4, 0.5) is 4.79 Å². The largest absolute Gasteiger partial charge is 0.334 e. The van der Waals surface area contributed by atoms with Crippen LogP contribution in [0.3, 0.4) is 0 Å². The standard InChI is InChI=1S/C19H23N7O/c1-13-20-8-9-26(13)18-10-14(6-7-21-18)11-22-19(27)24-16-4-3-5-17-15(16)12-23-25(17)2/h6-10,12,16H,3-5,11H2,1-2H3,(H2,22,24,27). The minimum absolute atomic E-state index is 0.0176. The number of hydrogen-bond acceptors (Lipinski definition) is 4. The molecule has 0 bridgehead atoms. The van der Waals surface area contributed by atoms with Gasteiger partial charge in [0.2, 0.25) is 0 Å². The molecule has 0 saturated heterocycles. The average molecular weight is 365 g/mol. The van der Waals surface area contributed by atoms with Crippen LogP contribution in [0.15, 0.2) is 36.9 Å². The van der Waals surface area contributed by atoms with Gasteiger partial charge in [-0.3, -0.25) is 9.25 Å². The van der Waals surface area contributed by atoms with Gasteiger partial charge in [-0.2, -0.15) is 5.10 Å². The lowest BCUT2D eigenvalue weighted by Gasteiger charge is -2.24. The van der Waals surface area contributed by atoms with E-state index in [-0.39, 0.29) is 12.1 Å². The highest BCUT2D eigenvalue weighted by molar-refractivity contribution is 5.74. The number of nitrogens with zero attached hydrogens (tertiary/aromatic N) is 5. The molecule has 1 atom stereocenters. The Morgan fingerprint density at radius 2 is 2.22 bits per heavy atom. The van der Waals surface area contributed by atoms with Crippen LogP contribution in [-0.4, -0.2) is 30.3 Å². The smallest absolute Gasteiger partial charge is 0.315 e. The molecule has 3 aromatic rings. The number of urea groups is 1. The number of amides is 2. The van der Waals surface area contributed by atoms with Gasteiger partial charge in [0.15, 0.2) is 0 Å². The van der Waals surface area contributed by atoms with E-state index in [1.54, 1.807) is 12.4 Å². The van der Waals surface area contributed by atoms with E-state index in [1.807, 2.05) is 47.7 Å². The SMILES string of the molecule is Cc1nccn1-c1cc(CNC(=O)NC2CCCc3c2cnn3C)ccn1. The molecule has 0 aliphatic heterocycles. The highest BCUT2D eigenvalue weighted by Gasteiger charge is 2.24. The van der Waals surface area contributed by atoms with Crippen LogP contribution in [-0.2, 0) is 20.0 Å². The van der Waals surface area contributed by atoms with E-state index in [0.29, 0.717) is 6.54 Å². The Morgan fingerprint density at radius 1 is 1.33 bits per heavy atom. The van der Waals surface area contributed by atoms with Gasteiger partial charge in [0.1, 0.15) is 11.6 Å². The molecule has 0 radical (unpaired) electrons. The van der Waals surface area contributed by atoms with Crippen LogP contribution in [0.1, 0.15) is 41.5 Å². The van der Waals surface area contributed by atoms with Gasteiger partial charge in [-0.05, 0) is 43.9 Å². The molecule has 4 rings (SSSR count). The van der Waals surface area contributed by atoms with Crippen molar-refractivity contribution in [2.45, 2.75) is 38.8 Å². The number of carbonyl (C=O) groups is 1. The lowest BCUT2D eigenvalue weighted by Crippen LogP contribution is -2.38. The summed E-state index contributed by atoms with van der Waals surface area (Å²) >= 11 is 0. The molecule has 2 amide bonds. The highest BCUT2D eigenvalue weighted by Crippen LogP contribution is 2.28. The third-order valence-electron chi connectivity index (χ3n) is 5.02. The molecule has 1 aliphatic rings. The van der Waals surface area contributed by atoms with Crippen molar-refractivity contribution >= 4 is 6.03 Å². The first kappa shape index (κ1) is 17.3. The van der Waals surface area contributed by atoms with E-state index in [9.17, 15) is 4.79 Å². The van der Waals surface area contributed by atoms with Crippen LogP contribution in [0.25, 0.3) is 5.82 Å². The van der Waals surface area contributed by atoms with Crippen molar-refractivity contribution in [3.63, 3.8) is 0 Å². The number of aryl methyl sites for hydroxylation is 2. The van der Waals surface area contributed by atoms with Gasteiger partial charge in [0.25, 0.3) is 0 Å². The number of hydrogen-bond donors (Lipinski definition) is 2. The Morgan fingerprint density at radius 3 is 3.04 bits per heavy atom. The third-order valence-corrected chi connectivity index (χ3v) is 5.02. The molecule has 8 heteroatoms.